The van der Waals surface area contributed by atoms with Gasteiger partial charge in [-0.2, -0.15) is 0 Å². The number of fused-ring (bicyclic) bond motifs is 10. The Morgan fingerprint density at radius 1 is 0.989 bits per heavy atom. The van der Waals surface area contributed by atoms with Crippen molar-refractivity contribution in [3.63, 3.8) is 0 Å². The molecule has 5 heterocycles. The number of amides is 1. The molecule has 2 N–H and O–H groups in total. The number of halogens is 1. The fourth-order valence-electron chi connectivity index (χ4n) is 12.6. The number of carbonyl (C=O) groups excluding carboxylic acids is 2. The number of nitrogens with one attached hydrogen (secondary N) is 1. The fourth-order valence-corrected chi connectivity index (χ4v) is 19.5. The molecule has 1 aliphatic carbocycles. The van der Waals surface area contributed by atoms with Gasteiger partial charge in [-0.25, -0.2) is 4.98 Å². The number of pyridine rings is 1. The molecule has 3 aromatic rings. The molecule has 1 unspecified atom stereocenters. The van der Waals surface area contributed by atoms with Crippen molar-refractivity contribution in [1.82, 2.24) is 15.2 Å². The molecule has 508 valence electrons. The Labute approximate surface area is 556 Å². The normalized spacial score (nSPS) is 26.1. The zero-order chi connectivity index (χ0) is 67.9. The Hall–Kier alpha value is -4.99. The van der Waals surface area contributed by atoms with Crippen LogP contribution in [0, 0.1) is 23.3 Å². The lowest BCUT2D eigenvalue weighted by molar-refractivity contribution is -0.267. The number of esters is 1. The van der Waals surface area contributed by atoms with E-state index in [-0.39, 0.29) is 70.8 Å². The van der Waals surface area contributed by atoms with E-state index in [2.05, 4.69) is 116 Å². The maximum atomic E-state index is 15.2. The summed E-state index contributed by atoms with van der Waals surface area (Å²) >= 11 is 7.23. The van der Waals surface area contributed by atoms with Crippen LogP contribution in [0.15, 0.2) is 54.6 Å². The minimum absolute atomic E-state index is 0.0190. The van der Waals surface area contributed by atoms with Crippen molar-refractivity contribution in [3.05, 3.63) is 71.0 Å². The highest BCUT2D eigenvalue weighted by molar-refractivity contribution is 6.87. The summed E-state index contributed by atoms with van der Waals surface area (Å²) in [5, 5.41) is 17.7. The number of benzene rings is 2. The van der Waals surface area contributed by atoms with Crippen LogP contribution in [-0.4, -0.2) is 166 Å². The van der Waals surface area contributed by atoms with Gasteiger partial charge < -0.3 is 71.5 Å². The highest BCUT2D eigenvalue weighted by atomic mass is 35.5. The molecule has 2 aromatic carbocycles. The first kappa shape index (κ1) is 74.4. The smallest absolute Gasteiger partial charge is 0.308 e. The number of carbonyl (C=O) groups is 2. The van der Waals surface area contributed by atoms with E-state index in [1.54, 1.807) is 36.4 Å². The van der Waals surface area contributed by atoms with E-state index in [1.807, 2.05) is 54.8 Å². The van der Waals surface area contributed by atoms with Crippen molar-refractivity contribution in [2.75, 3.05) is 48.1 Å². The standard InChI is InChI=1S/C70H104ClN3O15Si3/c1-22-35-80-54-37-47-38-56(83-45(8)9)63(79-19)62(78-18)49(47)40-50(54)66(76)73-52-41-59(75)81-43-58(86-60-42-55(61(74(16)17)46(10)84-60)87-92(26-5,27-6)28-7)69(77,33-29-36-91(23-2,24-3)25-4)34-32-48-39-57(85-53-31-30-51(52)72-65(53)71)64(88-90(20,21)67(11,12)13)70(48)44-82-68(14,15)89-70/h22,30-31,37-40,45-46,52,55,57-58,60-61,64,77H,1,23-28,33,35,41-44H2,2-21H3,(H,73,76)/t46-,52-,55-,57?,58-,60-,61+,64-,69+,70+/m1/s1. The first-order valence-electron chi connectivity index (χ1n) is 32.9. The van der Waals surface area contributed by atoms with Crippen molar-refractivity contribution < 1.29 is 70.9 Å². The third-order valence-corrected chi connectivity index (χ3v) is 33.6. The van der Waals surface area contributed by atoms with Crippen molar-refractivity contribution in [2.45, 2.75) is 243 Å². The Morgan fingerprint density at radius 2 is 1.65 bits per heavy atom. The SMILES string of the molecule is C=CCOc1cc2cc(OC(C)C)c(OC)c(OC)c2cc1C(=O)N[C@@H]1CC(=O)OC[C@@H](O[C@@H]2C[C@@H](O[Si](CC)(CC)CC)[C@@H](N(C)C)[C@@H](C)O2)[C@](O)(CC#C[Si](CC)(CC)CC)C#CC2=CC(Oc3ccc1nc3Cl)[C@@H](O[Si](C)(C)C(C)(C)C)[C@]21COC(C)(C)O1. The van der Waals surface area contributed by atoms with Crippen LogP contribution >= 0.6 is 11.6 Å². The molecule has 1 amide bonds. The van der Waals surface area contributed by atoms with Crippen LogP contribution in [-0.2, 0) is 37.3 Å². The molecule has 8 rings (SSSR count). The molecule has 1 spiro atoms. The average molecular weight is 1350 g/mol. The van der Waals surface area contributed by atoms with Gasteiger partial charge in [0.25, 0.3) is 5.91 Å². The molecule has 22 heteroatoms. The second kappa shape index (κ2) is 30.4. The van der Waals surface area contributed by atoms with Gasteiger partial charge in [-0.05, 0) is 145 Å². The molecule has 92 heavy (non-hydrogen) atoms. The van der Waals surface area contributed by atoms with E-state index >= 15 is 9.59 Å². The first-order valence-corrected chi connectivity index (χ1v) is 41.3. The van der Waals surface area contributed by atoms with Crippen LogP contribution in [0.25, 0.3) is 10.8 Å². The molecule has 4 aliphatic heterocycles. The summed E-state index contributed by atoms with van der Waals surface area (Å²) in [5.41, 5.74) is 0.852. The number of methoxy groups -OCH3 is 2. The van der Waals surface area contributed by atoms with Crippen molar-refractivity contribution in [2.24, 2.45) is 0 Å². The highest BCUT2D eigenvalue weighted by Crippen LogP contribution is 2.51. The number of hydrogen-bond acceptors (Lipinski definition) is 17. The van der Waals surface area contributed by atoms with Gasteiger partial charge >= 0.3 is 5.97 Å². The van der Waals surface area contributed by atoms with Gasteiger partial charge in [-0.3, -0.25) is 9.59 Å². The third-order valence-electron chi connectivity index (χ3n) is 19.4. The summed E-state index contributed by atoms with van der Waals surface area (Å²) in [6, 6.07) is 12.6. The van der Waals surface area contributed by atoms with E-state index in [0.29, 0.717) is 40.0 Å². The van der Waals surface area contributed by atoms with Gasteiger partial charge in [0, 0.05) is 17.4 Å². The molecule has 0 radical (unpaired) electrons. The minimum atomic E-state index is -2.71. The molecule has 2 fully saturated rings. The topological polar surface area (TPSA) is 193 Å². The summed E-state index contributed by atoms with van der Waals surface area (Å²) in [7, 11) is 0.0150. The van der Waals surface area contributed by atoms with Crippen LogP contribution in [0.4, 0.5) is 0 Å². The number of ether oxygens (including phenoxy) is 10. The Bertz CT molecular complexity index is 3250. The number of aliphatic hydroxyl groups is 1. The molecule has 18 nitrogen and oxygen atoms in total. The van der Waals surface area contributed by atoms with Gasteiger partial charge in [0.2, 0.25) is 5.75 Å². The van der Waals surface area contributed by atoms with E-state index in [4.69, 9.17) is 72.8 Å². The fraction of sp³-hybridized carbons (Fsp3) is 0.643. The zero-order valence-electron chi connectivity index (χ0n) is 58.4. The van der Waals surface area contributed by atoms with Crippen LogP contribution in [0.3, 0.4) is 0 Å². The lowest BCUT2D eigenvalue weighted by atomic mass is 9.90. The quantitative estimate of drug-likeness (QED) is 0.0299. The van der Waals surface area contributed by atoms with Crippen LogP contribution in [0.2, 0.25) is 59.5 Å². The van der Waals surface area contributed by atoms with Gasteiger partial charge in [0.15, 0.2) is 62.3 Å². The maximum Gasteiger partial charge on any atom is 0.308 e. The molecule has 4 bridgehead atoms. The second-order valence-corrected chi connectivity index (χ2v) is 42.1. The molecular formula is C70H104ClN3O15Si3. The Morgan fingerprint density at radius 3 is 2.22 bits per heavy atom. The van der Waals surface area contributed by atoms with Gasteiger partial charge in [-0.15, -0.1) is 11.5 Å². The lowest BCUT2D eigenvalue weighted by Gasteiger charge is -2.47. The van der Waals surface area contributed by atoms with Crippen LogP contribution in [0.1, 0.15) is 138 Å². The predicted octanol–water partition coefficient (Wildman–Crippen LogP) is 13.3. The number of likely N-dealkylation sites (N-methyl/N-ethyl adjacent to an activating group) is 1. The molecule has 1 aromatic heterocycles. The summed E-state index contributed by atoms with van der Waals surface area (Å²) in [6.45, 7) is 36.8. The number of rotatable bonds is 23. The lowest BCUT2D eigenvalue weighted by Crippen LogP contribution is -2.59. The Balaban J connectivity index is 1.44. The summed E-state index contributed by atoms with van der Waals surface area (Å²) in [4.78, 5) is 37.2. The molecule has 2 saturated heterocycles. The summed E-state index contributed by atoms with van der Waals surface area (Å²) in [5.74, 6) is 9.09. The first-order chi connectivity index (χ1) is 43.3. The van der Waals surface area contributed by atoms with Crippen LogP contribution in [0.5, 0.6) is 28.7 Å². The number of aromatic nitrogens is 1. The minimum Gasteiger partial charge on any atom is -0.492 e. The van der Waals surface area contributed by atoms with E-state index < -0.39 is 103 Å². The van der Waals surface area contributed by atoms with Crippen molar-refractivity contribution >= 4 is 59.0 Å². The van der Waals surface area contributed by atoms with E-state index in [0.717, 1.165) is 36.3 Å². The average Bonchev–Trinajstić information content (AvgIpc) is 1.55. The van der Waals surface area contributed by atoms with Gasteiger partial charge in [0.1, 0.15) is 45.3 Å². The van der Waals surface area contributed by atoms with Crippen LogP contribution < -0.4 is 29.0 Å². The molecule has 10 atom stereocenters. The molecule has 5 aliphatic rings. The van der Waals surface area contributed by atoms with E-state index in [9.17, 15) is 5.11 Å². The zero-order valence-corrected chi connectivity index (χ0v) is 62.1. The summed E-state index contributed by atoms with van der Waals surface area (Å²) in [6.07, 6.45) is -2.00. The largest absolute Gasteiger partial charge is 0.492 e. The number of nitrogens with zero attached hydrogens (tertiary/aromatic N) is 2. The monoisotopic (exact) mass is 1350 g/mol. The highest BCUT2D eigenvalue weighted by Gasteiger charge is 2.62. The molecule has 0 saturated carbocycles. The Kier molecular flexibility index (Phi) is 24.6. The second-order valence-electron chi connectivity index (χ2n) is 27.3. The van der Waals surface area contributed by atoms with Gasteiger partial charge in [0.05, 0.1) is 75.3 Å². The maximum absolute atomic E-state index is 15.2. The third kappa shape index (κ3) is 16.4. The van der Waals surface area contributed by atoms with Crippen molar-refractivity contribution in [3.8, 4) is 52.1 Å². The number of hydrogen-bond donors (Lipinski definition) is 2. The van der Waals surface area contributed by atoms with Crippen molar-refractivity contribution in [1.29, 1.82) is 0 Å². The molecular weight excluding hydrogens is 1240 g/mol. The predicted molar refractivity (Wildman–Crippen MR) is 368 cm³/mol. The van der Waals surface area contributed by atoms with Gasteiger partial charge in [-0.1, -0.05) is 98.4 Å². The van der Waals surface area contributed by atoms with E-state index in [1.165, 1.54) is 14.2 Å². The summed E-state index contributed by atoms with van der Waals surface area (Å²) < 4.78 is 79.8.